The predicted octanol–water partition coefficient (Wildman–Crippen LogP) is 0.419. The second-order valence-electron chi connectivity index (χ2n) is 4.32. The summed E-state index contributed by atoms with van der Waals surface area (Å²) in [6, 6.07) is 0. The first-order valence-corrected chi connectivity index (χ1v) is 7.02. The molecule has 0 spiro atoms. The van der Waals surface area contributed by atoms with Crippen molar-refractivity contribution in [2.75, 3.05) is 12.3 Å². The fourth-order valence-corrected chi connectivity index (χ4v) is 3.72. The number of rotatable bonds is 2. The molecule has 1 saturated heterocycles. The number of aliphatic hydroxyl groups is 2. The molecule has 9 heteroatoms. The van der Waals surface area contributed by atoms with Crippen molar-refractivity contribution >= 4 is 40.3 Å². The summed E-state index contributed by atoms with van der Waals surface area (Å²) in [4.78, 5) is 12.2. The summed E-state index contributed by atoms with van der Waals surface area (Å²) in [5.74, 6) is 0.232. The molecule has 2 aromatic heterocycles. The van der Waals surface area contributed by atoms with Gasteiger partial charge in [0.2, 0.25) is 5.28 Å². The van der Waals surface area contributed by atoms with Crippen molar-refractivity contribution in [1.82, 2.24) is 19.5 Å². The molecule has 3 atom stereocenters. The van der Waals surface area contributed by atoms with Crippen LogP contribution < -0.4 is 5.73 Å². The quantitative estimate of drug-likeness (QED) is 0.689. The first-order valence-electron chi connectivity index (χ1n) is 5.70. The maximum Gasteiger partial charge on any atom is 0.226 e. The fourth-order valence-electron chi connectivity index (χ4n) is 2.17. The topological polar surface area (TPSA) is 110 Å². The number of hydrogen-bond donors (Lipinski definition) is 3. The minimum atomic E-state index is -0.549. The van der Waals surface area contributed by atoms with Gasteiger partial charge in [-0.1, -0.05) is 0 Å². The van der Waals surface area contributed by atoms with Crippen LogP contribution in [0, 0.1) is 0 Å². The highest BCUT2D eigenvalue weighted by Crippen LogP contribution is 2.42. The van der Waals surface area contributed by atoms with Crippen molar-refractivity contribution in [2.45, 2.75) is 23.1 Å². The molecule has 4 N–H and O–H groups in total. The molecule has 0 saturated carbocycles. The van der Waals surface area contributed by atoms with E-state index in [1.807, 2.05) is 4.57 Å². The Morgan fingerprint density at radius 2 is 2.32 bits per heavy atom. The summed E-state index contributed by atoms with van der Waals surface area (Å²) in [7, 11) is 0. The third kappa shape index (κ3) is 2.14. The SMILES string of the molecule is Nc1nc(Cl)nc2c1ncn2[C@H]1C[C@H](O)[C@@H](CO)S1. The van der Waals surface area contributed by atoms with E-state index in [-0.39, 0.29) is 28.3 Å². The van der Waals surface area contributed by atoms with Gasteiger partial charge < -0.3 is 20.5 Å². The van der Waals surface area contributed by atoms with E-state index >= 15 is 0 Å². The van der Waals surface area contributed by atoms with E-state index in [9.17, 15) is 10.2 Å². The van der Waals surface area contributed by atoms with Crippen molar-refractivity contribution in [3.8, 4) is 0 Å². The van der Waals surface area contributed by atoms with E-state index in [1.54, 1.807) is 6.33 Å². The van der Waals surface area contributed by atoms with E-state index in [2.05, 4.69) is 15.0 Å². The third-order valence-electron chi connectivity index (χ3n) is 3.12. The van der Waals surface area contributed by atoms with E-state index in [0.717, 1.165) is 0 Å². The lowest BCUT2D eigenvalue weighted by molar-refractivity contribution is 0.138. The Balaban J connectivity index is 2.02. The van der Waals surface area contributed by atoms with Gasteiger partial charge in [0.1, 0.15) is 5.52 Å². The molecule has 1 fully saturated rings. The highest BCUT2D eigenvalue weighted by Gasteiger charge is 2.35. The first kappa shape index (κ1) is 12.9. The van der Waals surface area contributed by atoms with E-state index < -0.39 is 6.10 Å². The van der Waals surface area contributed by atoms with Gasteiger partial charge in [-0.15, -0.1) is 11.8 Å². The second kappa shape index (κ2) is 4.78. The first-order chi connectivity index (χ1) is 9.10. The second-order valence-corrected chi connectivity index (χ2v) is 6.08. The molecule has 0 aromatic carbocycles. The summed E-state index contributed by atoms with van der Waals surface area (Å²) in [5.41, 5.74) is 6.78. The maximum absolute atomic E-state index is 9.84. The normalized spacial score (nSPS) is 27.2. The van der Waals surface area contributed by atoms with Crippen LogP contribution in [0.1, 0.15) is 11.8 Å². The zero-order chi connectivity index (χ0) is 13.6. The van der Waals surface area contributed by atoms with Gasteiger partial charge in [0.15, 0.2) is 11.5 Å². The monoisotopic (exact) mass is 301 g/mol. The number of anilines is 1. The van der Waals surface area contributed by atoms with Crippen LogP contribution in [0.2, 0.25) is 5.28 Å². The van der Waals surface area contributed by atoms with E-state index in [4.69, 9.17) is 17.3 Å². The van der Waals surface area contributed by atoms with Crippen LogP contribution in [0.4, 0.5) is 5.82 Å². The minimum absolute atomic E-state index is 0.0532. The number of hydrogen-bond acceptors (Lipinski definition) is 7. The fraction of sp³-hybridized carbons (Fsp3) is 0.500. The third-order valence-corrected chi connectivity index (χ3v) is 4.83. The lowest BCUT2D eigenvalue weighted by atomic mass is 10.2. The van der Waals surface area contributed by atoms with Gasteiger partial charge >= 0.3 is 0 Å². The molecule has 3 rings (SSSR count). The Labute approximate surface area is 117 Å². The van der Waals surface area contributed by atoms with Gasteiger partial charge in [-0.3, -0.25) is 0 Å². The molecule has 102 valence electrons. The highest BCUT2D eigenvalue weighted by molar-refractivity contribution is 8.00. The lowest BCUT2D eigenvalue weighted by Crippen LogP contribution is -2.20. The van der Waals surface area contributed by atoms with Crippen LogP contribution in [-0.4, -0.2) is 47.7 Å². The van der Waals surface area contributed by atoms with Crippen LogP contribution in [0.25, 0.3) is 11.2 Å². The van der Waals surface area contributed by atoms with Gasteiger partial charge in [-0.2, -0.15) is 9.97 Å². The number of thioether (sulfide) groups is 1. The number of nitrogens with two attached hydrogens (primary N) is 1. The summed E-state index contributed by atoms with van der Waals surface area (Å²) >= 11 is 7.29. The summed E-state index contributed by atoms with van der Waals surface area (Å²) in [5, 5.41) is 18.8. The average Bonchev–Trinajstić information content (AvgIpc) is 2.92. The molecule has 0 aliphatic carbocycles. The number of aliphatic hydroxyl groups excluding tert-OH is 2. The lowest BCUT2D eigenvalue weighted by Gasteiger charge is -2.11. The number of aromatic nitrogens is 4. The van der Waals surface area contributed by atoms with Crippen LogP contribution in [0.3, 0.4) is 0 Å². The van der Waals surface area contributed by atoms with Gasteiger partial charge in [0.25, 0.3) is 0 Å². The molecule has 0 amide bonds. The number of halogens is 1. The molecule has 1 aliphatic rings. The van der Waals surface area contributed by atoms with Crippen LogP contribution in [0.15, 0.2) is 6.33 Å². The van der Waals surface area contributed by atoms with E-state index in [1.165, 1.54) is 11.8 Å². The van der Waals surface area contributed by atoms with Crippen molar-refractivity contribution < 1.29 is 10.2 Å². The van der Waals surface area contributed by atoms with Crippen molar-refractivity contribution in [3.05, 3.63) is 11.6 Å². The molecule has 0 radical (unpaired) electrons. The summed E-state index contributed by atoms with van der Waals surface area (Å²) in [6.45, 7) is -0.0627. The number of nitrogens with zero attached hydrogens (tertiary/aromatic N) is 4. The molecule has 7 nitrogen and oxygen atoms in total. The van der Waals surface area contributed by atoms with Crippen LogP contribution in [0.5, 0.6) is 0 Å². The van der Waals surface area contributed by atoms with Crippen LogP contribution >= 0.6 is 23.4 Å². The molecule has 19 heavy (non-hydrogen) atoms. The molecule has 0 bridgehead atoms. The molecule has 3 heterocycles. The Bertz CT molecular complexity index is 621. The van der Waals surface area contributed by atoms with E-state index in [0.29, 0.717) is 17.6 Å². The summed E-state index contributed by atoms with van der Waals surface area (Å²) in [6.07, 6.45) is 1.58. The Hall–Kier alpha value is -1.09. The highest BCUT2D eigenvalue weighted by atomic mass is 35.5. The molecular formula is C10H12ClN5O2S. The smallest absolute Gasteiger partial charge is 0.226 e. The molecule has 2 aromatic rings. The zero-order valence-electron chi connectivity index (χ0n) is 9.77. The van der Waals surface area contributed by atoms with Crippen LogP contribution in [-0.2, 0) is 0 Å². The number of nitrogen functional groups attached to an aromatic ring is 1. The zero-order valence-corrected chi connectivity index (χ0v) is 11.3. The Morgan fingerprint density at radius 3 is 3.00 bits per heavy atom. The summed E-state index contributed by atoms with van der Waals surface area (Å²) < 4.78 is 1.81. The van der Waals surface area contributed by atoms with Gasteiger partial charge in [-0.25, -0.2) is 4.98 Å². The standard InChI is InChI=1S/C10H12ClN5O2S/c11-10-14-8(12)7-9(15-10)16(3-13-7)6-1-4(18)5(2-17)19-6/h3-6,17-18H,1-2H2,(H2,12,14,15)/t4-,5+,6+/m0/s1. The molecular weight excluding hydrogens is 290 g/mol. The van der Waals surface area contributed by atoms with Crippen molar-refractivity contribution in [2.24, 2.45) is 0 Å². The van der Waals surface area contributed by atoms with Gasteiger partial charge in [0, 0.05) is 6.42 Å². The maximum atomic E-state index is 9.84. The van der Waals surface area contributed by atoms with Crippen molar-refractivity contribution in [3.63, 3.8) is 0 Å². The number of fused-ring (bicyclic) bond motifs is 1. The predicted molar refractivity (Wildman–Crippen MR) is 72.9 cm³/mol. The number of imidazole rings is 1. The van der Waals surface area contributed by atoms with Gasteiger partial charge in [-0.05, 0) is 11.6 Å². The average molecular weight is 302 g/mol. The largest absolute Gasteiger partial charge is 0.395 e. The Kier molecular flexibility index (Phi) is 3.25. The molecule has 1 aliphatic heterocycles. The minimum Gasteiger partial charge on any atom is -0.395 e. The molecule has 0 unspecified atom stereocenters. The van der Waals surface area contributed by atoms with Gasteiger partial charge in [0.05, 0.1) is 29.7 Å². The van der Waals surface area contributed by atoms with Crippen molar-refractivity contribution in [1.29, 1.82) is 0 Å². The Morgan fingerprint density at radius 1 is 1.53 bits per heavy atom.